The van der Waals surface area contributed by atoms with E-state index >= 15 is 0 Å². The fourth-order valence-corrected chi connectivity index (χ4v) is 1.41. The molecule has 0 spiro atoms. The first-order valence-corrected chi connectivity index (χ1v) is 5.61. The zero-order valence-electron chi connectivity index (χ0n) is 10.6. The zero-order chi connectivity index (χ0) is 13.7. The van der Waals surface area contributed by atoms with Gasteiger partial charge >= 0.3 is 0 Å². The van der Waals surface area contributed by atoms with Crippen molar-refractivity contribution in [1.82, 2.24) is 10.3 Å². The number of nitrogens with zero attached hydrogens (tertiary/aromatic N) is 2. The molecule has 0 radical (unpaired) electrons. The number of nitrogens with one attached hydrogen (secondary N) is 2. The second-order valence-corrected chi connectivity index (χ2v) is 3.88. The summed E-state index contributed by atoms with van der Waals surface area (Å²) in [5, 5.41) is 16.2. The Morgan fingerprint density at radius 2 is 2.28 bits per heavy atom. The average Bonchev–Trinajstić information content (AvgIpc) is 2.31. The third kappa shape index (κ3) is 3.41. The van der Waals surface area contributed by atoms with Crippen LogP contribution in [0, 0.1) is 17.0 Å². The molecule has 7 nitrogen and oxygen atoms in total. The van der Waals surface area contributed by atoms with E-state index in [1.807, 2.05) is 6.92 Å². The number of aromatic nitrogens is 1. The normalized spacial score (nSPS) is 11.7. The Bertz CT molecular complexity index is 462. The molecule has 0 aliphatic carbocycles. The van der Waals surface area contributed by atoms with Gasteiger partial charge < -0.3 is 10.6 Å². The van der Waals surface area contributed by atoms with Crippen LogP contribution in [0.1, 0.15) is 19.4 Å². The Morgan fingerprint density at radius 1 is 1.61 bits per heavy atom. The lowest BCUT2D eigenvalue weighted by atomic mass is 10.2. The summed E-state index contributed by atoms with van der Waals surface area (Å²) in [7, 11) is 0. The number of carbonyl (C=O) groups is 1. The molecule has 7 heteroatoms. The smallest absolute Gasteiger partial charge is 0.287 e. The van der Waals surface area contributed by atoms with Crippen molar-refractivity contribution in [1.29, 1.82) is 0 Å². The lowest BCUT2D eigenvalue weighted by molar-refractivity contribution is -0.385. The second kappa shape index (κ2) is 5.95. The minimum atomic E-state index is -0.503. The maximum absolute atomic E-state index is 11.5. The van der Waals surface area contributed by atoms with Crippen molar-refractivity contribution in [2.45, 2.75) is 26.8 Å². The third-order valence-electron chi connectivity index (χ3n) is 2.37. The highest BCUT2D eigenvalue weighted by molar-refractivity contribution is 5.84. The number of carbonyl (C=O) groups excluding carboxylic acids is 1. The molecule has 0 saturated carbocycles. The number of rotatable bonds is 5. The number of hydrogen-bond acceptors (Lipinski definition) is 5. The number of pyridine rings is 1. The van der Waals surface area contributed by atoms with Crippen LogP contribution in [0.4, 0.5) is 11.5 Å². The lowest BCUT2D eigenvalue weighted by Crippen LogP contribution is -2.37. The van der Waals surface area contributed by atoms with E-state index in [1.165, 1.54) is 12.3 Å². The van der Waals surface area contributed by atoms with Crippen molar-refractivity contribution in [2.24, 2.45) is 0 Å². The molecule has 1 unspecified atom stereocenters. The van der Waals surface area contributed by atoms with E-state index in [0.717, 1.165) is 0 Å². The molecule has 98 valence electrons. The molecule has 1 rings (SSSR count). The summed E-state index contributed by atoms with van der Waals surface area (Å²) in [5.74, 6) is 0.330. The summed E-state index contributed by atoms with van der Waals surface area (Å²) < 4.78 is 0. The number of likely N-dealkylation sites (N-methyl/N-ethyl adjacent to an activating group) is 1. The highest BCUT2D eigenvalue weighted by Gasteiger charge is 2.15. The molecule has 0 aliphatic heterocycles. The highest BCUT2D eigenvalue weighted by Crippen LogP contribution is 2.18. The molecule has 1 aromatic rings. The largest absolute Gasteiger partial charge is 0.358 e. The molecule has 1 amide bonds. The van der Waals surface area contributed by atoms with Crippen LogP contribution in [0.2, 0.25) is 0 Å². The van der Waals surface area contributed by atoms with Crippen molar-refractivity contribution in [3.05, 3.63) is 27.9 Å². The van der Waals surface area contributed by atoms with Gasteiger partial charge in [0.25, 0.3) is 5.69 Å². The van der Waals surface area contributed by atoms with Gasteiger partial charge in [0.2, 0.25) is 5.91 Å². The van der Waals surface area contributed by atoms with Crippen molar-refractivity contribution in [2.75, 3.05) is 11.9 Å². The monoisotopic (exact) mass is 252 g/mol. The standard InChI is InChI=1S/C11H16N4O3/c1-4-12-11(16)8(3)14-10-7(2)5-9(6-13-10)15(17)18/h5-6,8H,4H2,1-3H3,(H,12,16)(H,13,14). The van der Waals surface area contributed by atoms with Crippen molar-refractivity contribution in [3.8, 4) is 0 Å². The highest BCUT2D eigenvalue weighted by atomic mass is 16.6. The molecule has 0 aliphatic rings. The van der Waals surface area contributed by atoms with E-state index in [4.69, 9.17) is 0 Å². The van der Waals surface area contributed by atoms with Crippen LogP contribution in [0.5, 0.6) is 0 Å². The fourth-order valence-electron chi connectivity index (χ4n) is 1.41. The van der Waals surface area contributed by atoms with Crippen LogP contribution in [0.3, 0.4) is 0 Å². The molecule has 1 aromatic heterocycles. The third-order valence-corrected chi connectivity index (χ3v) is 2.37. The van der Waals surface area contributed by atoms with Gasteiger partial charge in [-0.05, 0) is 26.3 Å². The maximum atomic E-state index is 11.5. The zero-order valence-corrected chi connectivity index (χ0v) is 10.6. The fraction of sp³-hybridized carbons (Fsp3) is 0.455. The van der Waals surface area contributed by atoms with Crippen LogP contribution >= 0.6 is 0 Å². The summed E-state index contributed by atoms with van der Waals surface area (Å²) in [6.07, 6.45) is 1.17. The van der Waals surface area contributed by atoms with Gasteiger partial charge in [0, 0.05) is 12.6 Å². The molecule has 0 saturated heterocycles. The number of nitro groups is 1. The Hall–Kier alpha value is -2.18. The van der Waals surface area contributed by atoms with Crippen molar-refractivity contribution >= 4 is 17.4 Å². The van der Waals surface area contributed by atoms with Crippen LogP contribution in [0.25, 0.3) is 0 Å². The lowest BCUT2D eigenvalue weighted by Gasteiger charge is -2.15. The second-order valence-electron chi connectivity index (χ2n) is 3.88. The molecule has 18 heavy (non-hydrogen) atoms. The van der Waals surface area contributed by atoms with Crippen LogP contribution in [-0.2, 0) is 4.79 Å². The predicted molar refractivity (Wildman–Crippen MR) is 67.4 cm³/mol. The van der Waals surface area contributed by atoms with E-state index < -0.39 is 11.0 Å². The topological polar surface area (TPSA) is 97.2 Å². The van der Waals surface area contributed by atoms with Crippen molar-refractivity contribution in [3.63, 3.8) is 0 Å². The molecular formula is C11H16N4O3. The molecule has 1 heterocycles. The molecule has 1 atom stereocenters. The number of anilines is 1. The molecule has 0 aromatic carbocycles. The van der Waals surface area contributed by atoms with E-state index in [2.05, 4.69) is 15.6 Å². The minimum Gasteiger partial charge on any atom is -0.358 e. The summed E-state index contributed by atoms with van der Waals surface area (Å²) in [6.45, 7) is 5.79. The van der Waals surface area contributed by atoms with Crippen molar-refractivity contribution < 1.29 is 9.72 Å². The van der Waals surface area contributed by atoms with Gasteiger partial charge in [0.15, 0.2) is 0 Å². The van der Waals surface area contributed by atoms with Crippen LogP contribution in [-0.4, -0.2) is 28.4 Å². The quantitative estimate of drug-likeness (QED) is 0.607. The molecule has 2 N–H and O–H groups in total. The molecule has 0 bridgehead atoms. The Labute approximate surface area is 105 Å². The van der Waals surface area contributed by atoms with Gasteiger partial charge in [-0.2, -0.15) is 0 Å². The number of hydrogen-bond donors (Lipinski definition) is 2. The molecular weight excluding hydrogens is 236 g/mol. The van der Waals surface area contributed by atoms with Crippen LogP contribution < -0.4 is 10.6 Å². The minimum absolute atomic E-state index is 0.0660. The van der Waals surface area contributed by atoms with Gasteiger partial charge in [-0.25, -0.2) is 4.98 Å². The van der Waals surface area contributed by atoms with E-state index in [9.17, 15) is 14.9 Å². The Morgan fingerprint density at radius 3 is 2.78 bits per heavy atom. The van der Waals surface area contributed by atoms with Gasteiger partial charge in [0.1, 0.15) is 18.1 Å². The summed E-state index contributed by atoms with van der Waals surface area (Å²) in [5.41, 5.74) is 0.559. The predicted octanol–water partition coefficient (Wildman–Crippen LogP) is 1.23. The first kappa shape index (κ1) is 13.9. The maximum Gasteiger partial charge on any atom is 0.287 e. The van der Waals surface area contributed by atoms with Gasteiger partial charge in [0.05, 0.1) is 4.92 Å². The number of aryl methyl sites for hydroxylation is 1. The van der Waals surface area contributed by atoms with E-state index in [1.54, 1.807) is 13.8 Å². The molecule has 0 fully saturated rings. The van der Waals surface area contributed by atoms with Gasteiger partial charge in [-0.1, -0.05) is 0 Å². The number of amides is 1. The van der Waals surface area contributed by atoms with Crippen LogP contribution in [0.15, 0.2) is 12.3 Å². The van der Waals surface area contributed by atoms with Gasteiger partial charge in [-0.3, -0.25) is 14.9 Å². The first-order valence-electron chi connectivity index (χ1n) is 5.61. The van der Waals surface area contributed by atoms with E-state index in [0.29, 0.717) is 17.9 Å². The van der Waals surface area contributed by atoms with Gasteiger partial charge in [-0.15, -0.1) is 0 Å². The summed E-state index contributed by atoms with van der Waals surface area (Å²) in [6, 6.07) is 0.970. The Balaban J connectivity index is 2.79. The average molecular weight is 252 g/mol. The van der Waals surface area contributed by atoms with E-state index in [-0.39, 0.29) is 11.6 Å². The summed E-state index contributed by atoms with van der Waals surface area (Å²) >= 11 is 0. The summed E-state index contributed by atoms with van der Waals surface area (Å²) in [4.78, 5) is 25.5. The first-order chi connectivity index (χ1) is 8.45. The Kier molecular flexibility index (Phi) is 4.59. The SMILES string of the molecule is CCNC(=O)C(C)Nc1ncc([N+](=O)[O-])cc1C.